The molecule has 0 saturated heterocycles. The molecule has 0 aromatic heterocycles. The summed E-state index contributed by atoms with van der Waals surface area (Å²) in [6.07, 6.45) is 2.87. The second-order valence-electron chi connectivity index (χ2n) is 4.95. The highest BCUT2D eigenvalue weighted by Crippen LogP contribution is 2.44. The summed E-state index contributed by atoms with van der Waals surface area (Å²) in [6.45, 7) is 4.28. The minimum atomic E-state index is -0.593. The normalized spacial score (nSPS) is 17.6. The maximum Gasteiger partial charge on any atom is 0.332 e. The van der Waals surface area contributed by atoms with Gasteiger partial charge in [0.1, 0.15) is 5.54 Å². The van der Waals surface area contributed by atoms with Crippen LogP contribution in [-0.4, -0.2) is 18.1 Å². The largest absolute Gasteiger partial charge is 0.464 e. The summed E-state index contributed by atoms with van der Waals surface area (Å²) in [5.74, 6) is 0.224. The summed E-state index contributed by atoms with van der Waals surface area (Å²) >= 11 is 5.88. The lowest BCUT2D eigenvalue weighted by Crippen LogP contribution is -2.49. The molecule has 19 heavy (non-hydrogen) atoms. The third-order valence-electron chi connectivity index (χ3n) is 3.68. The van der Waals surface area contributed by atoms with Gasteiger partial charge in [-0.15, -0.1) is 0 Å². The van der Waals surface area contributed by atoms with Crippen LogP contribution in [0.1, 0.15) is 33.1 Å². The molecular formula is C15H20ClNO2. The van der Waals surface area contributed by atoms with E-state index >= 15 is 0 Å². The first kappa shape index (κ1) is 14.2. The van der Waals surface area contributed by atoms with E-state index in [4.69, 9.17) is 16.3 Å². The third-order valence-corrected chi connectivity index (χ3v) is 3.94. The van der Waals surface area contributed by atoms with E-state index in [2.05, 4.69) is 5.32 Å². The highest BCUT2D eigenvalue weighted by atomic mass is 35.5. The van der Waals surface area contributed by atoms with Crippen molar-refractivity contribution in [1.82, 2.24) is 0 Å². The second-order valence-corrected chi connectivity index (χ2v) is 5.39. The van der Waals surface area contributed by atoms with Crippen molar-refractivity contribution >= 4 is 23.3 Å². The van der Waals surface area contributed by atoms with Crippen LogP contribution >= 0.6 is 11.6 Å². The number of hydrogen-bond donors (Lipinski definition) is 1. The Balaban J connectivity index is 2.22. The number of hydrogen-bond acceptors (Lipinski definition) is 3. The Bertz CT molecular complexity index is 442. The zero-order valence-electron chi connectivity index (χ0n) is 11.4. The Hall–Kier alpha value is -1.22. The Morgan fingerprint density at radius 2 is 2.00 bits per heavy atom. The number of carbonyl (C=O) groups is 1. The van der Waals surface area contributed by atoms with Crippen molar-refractivity contribution in [3.63, 3.8) is 0 Å². The molecule has 1 aromatic rings. The van der Waals surface area contributed by atoms with E-state index in [9.17, 15) is 4.79 Å². The molecule has 0 heterocycles. The zero-order chi connectivity index (χ0) is 13.9. The molecule has 1 atom stereocenters. The van der Waals surface area contributed by atoms with E-state index in [0.717, 1.165) is 24.9 Å². The van der Waals surface area contributed by atoms with Crippen LogP contribution in [-0.2, 0) is 9.53 Å². The van der Waals surface area contributed by atoms with Crippen molar-refractivity contribution in [2.45, 2.75) is 38.6 Å². The van der Waals surface area contributed by atoms with Gasteiger partial charge in [-0.3, -0.25) is 0 Å². The average molecular weight is 282 g/mol. The first-order valence-electron chi connectivity index (χ1n) is 6.83. The SMILES string of the molecule is CCOC(=O)C(CC)(Nc1ccc(Cl)cc1)C1CC1. The van der Waals surface area contributed by atoms with Gasteiger partial charge in [0.15, 0.2) is 0 Å². The van der Waals surface area contributed by atoms with Gasteiger partial charge >= 0.3 is 5.97 Å². The topological polar surface area (TPSA) is 38.3 Å². The number of halogens is 1. The summed E-state index contributed by atoms with van der Waals surface area (Å²) in [5, 5.41) is 4.07. The number of benzene rings is 1. The molecule has 1 aromatic carbocycles. The lowest BCUT2D eigenvalue weighted by atomic mass is 9.89. The van der Waals surface area contributed by atoms with Crippen molar-refractivity contribution in [2.75, 3.05) is 11.9 Å². The summed E-state index contributed by atoms with van der Waals surface area (Å²) in [5.41, 5.74) is 0.315. The minimum Gasteiger partial charge on any atom is -0.464 e. The van der Waals surface area contributed by atoms with Crippen LogP contribution in [0.2, 0.25) is 5.02 Å². The molecule has 2 rings (SSSR count). The van der Waals surface area contributed by atoms with Gasteiger partial charge in [0, 0.05) is 10.7 Å². The van der Waals surface area contributed by atoms with Crippen molar-refractivity contribution < 1.29 is 9.53 Å². The van der Waals surface area contributed by atoms with Crippen molar-refractivity contribution in [3.05, 3.63) is 29.3 Å². The molecule has 1 unspecified atom stereocenters. The highest BCUT2D eigenvalue weighted by Gasteiger charge is 2.50. The summed E-state index contributed by atoms with van der Waals surface area (Å²) in [7, 11) is 0. The summed E-state index contributed by atoms with van der Waals surface area (Å²) < 4.78 is 5.27. The van der Waals surface area contributed by atoms with E-state index in [1.807, 2.05) is 38.1 Å². The summed E-state index contributed by atoms with van der Waals surface area (Å²) in [6, 6.07) is 7.44. The van der Waals surface area contributed by atoms with Crippen LogP contribution in [0, 0.1) is 5.92 Å². The van der Waals surface area contributed by atoms with Crippen molar-refractivity contribution in [3.8, 4) is 0 Å². The van der Waals surface area contributed by atoms with Crippen LogP contribution in [0.15, 0.2) is 24.3 Å². The van der Waals surface area contributed by atoms with Gasteiger partial charge in [-0.05, 0) is 56.4 Å². The molecule has 1 aliphatic rings. The third kappa shape index (κ3) is 3.03. The molecular weight excluding hydrogens is 262 g/mol. The van der Waals surface area contributed by atoms with Crippen molar-refractivity contribution in [1.29, 1.82) is 0 Å². The predicted molar refractivity (Wildman–Crippen MR) is 77.5 cm³/mol. The quantitative estimate of drug-likeness (QED) is 0.805. The van der Waals surface area contributed by atoms with Crippen LogP contribution in [0.4, 0.5) is 5.69 Å². The molecule has 0 spiro atoms. The van der Waals surface area contributed by atoms with E-state index in [0.29, 0.717) is 17.5 Å². The summed E-state index contributed by atoms with van der Waals surface area (Å²) in [4.78, 5) is 12.3. The predicted octanol–water partition coefficient (Wildman–Crippen LogP) is 3.87. The number of ether oxygens (including phenoxy) is 1. The van der Waals surface area contributed by atoms with Gasteiger partial charge in [-0.25, -0.2) is 4.79 Å². The van der Waals surface area contributed by atoms with Gasteiger partial charge < -0.3 is 10.1 Å². The fraction of sp³-hybridized carbons (Fsp3) is 0.533. The molecule has 3 nitrogen and oxygen atoms in total. The maximum absolute atomic E-state index is 12.3. The Morgan fingerprint density at radius 1 is 1.37 bits per heavy atom. The Morgan fingerprint density at radius 3 is 2.47 bits per heavy atom. The minimum absolute atomic E-state index is 0.144. The molecule has 104 valence electrons. The van der Waals surface area contributed by atoms with Crippen LogP contribution in [0.3, 0.4) is 0 Å². The van der Waals surface area contributed by atoms with E-state index in [1.54, 1.807) is 0 Å². The highest BCUT2D eigenvalue weighted by molar-refractivity contribution is 6.30. The lowest BCUT2D eigenvalue weighted by molar-refractivity contribution is -0.149. The van der Waals surface area contributed by atoms with Gasteiger partial charge in [0.05, 0.1) is 6.61 Å². The fourth-order valence-corrected chi connectivity index (χ4v) is 2.59. The van der Waals surface area contributed by atoms with Gasteiger partial charge in [-0.1, -0.05) is 18.5 Å². The first-order valence-corrected chi connectivity index (χ1v) is 7.21. The Labute approximate surface area is 119 Å². The molecule has 1 fully saturated rings. The number of anilines is 1. The first-order chi connectivity index (χ1) is 9.12. The van der Waals surface area contributed by atoms with Gasteiger partial charge in [0.25, 0.3) is 0 Å². The maximum atomic E-state index is 12.3. The zero-order valence-corrected chi connectivity index (χ0v) is 12.2. The average Bonchev–Trinajstić information content (AvgIpc) is 3.23. The van der Waals surface area contributed by atoms with Crippen LogP contribution in [0.5, 0.6) is 0 Å². The Kier molecular flexibility index (Phi) is 4.35. The van der Waals surface area contributed by atoms with Crippen LogP contribution in [0.25, 0.3) is 0 Å². The molecule has 0 radical (unpaired) electrons. The second kappa shape index (κ2) is 5.83. The van der Waals surface area contributed by atoms with E-state index < -0.39 is 5.54 Å². The monoisotopic (exact) mass is 281 g/mol. The number of nitrogens with one attached hydrogen (secondary N) is 1. The van der Waals surface area contributed by atoms with E-state index in [1.165, 1.54) is 0 Å². The lowest BCUT2D eigenvalue weighted by Gasteiger charge is -2.32. The molecule has 0 bridgehead atoms. The smallest absolute Gasteiger partial charge is 0.332 e. The molecule has 1 saturated carbocycles. The molecule has 1 N–H and O–H groups in total. The number of rotatable bonds is 6. The molecule has 1 aliphatic carbocycles. The van der Waals surface area contributed by atoms with Crippen LogP contribution < -0.4 is 5.32 Å². The van der Waals surface area contributed by atoms with Gasteiger partial charge in [-0.2, -0.15) is 0 Å². The number of esters is 1. The van der Waals surface area contributed by atoms with Crippen molar-refractivity contribution in [2.24, 2.45) is 5.92 Å². The van der Waals surface area contributed by atoms with Gasteiger partial charge in [0.2, 0.25) is 0 Å². The van der Waals surface area contributed by atoms with E-state index in [-0.39, 0.29) is 5.97 Å². The molecule has 0 amide bonds. The molecule has 0 aliphatic heterocycles. The number of carbonyl (C=O) groups excluding carboxylic acids is 1. The fourth-order valence-electron chi connectivity index (χ4n) is 2.47. The standard InChI is InChI=1S/C15H20ClNO2/c1-3-15(11-5-6-11,14(18)19-4-2)17-13-9-7-12(16)8-10-13/h7-11,17H,3-6H2,1-2H3. The molecule has 4 heteroatoms.